The number of carbonyl (C=O) groups excluding carboxylic acids is 2. The van der Waals surface area contributed by atoms with Gasteiger partial charge in [0.15, 0.2) is 5.82 Å². The Hall–Kier alpha value is -1.62. The summed E-state index contributed by atoms with van der Waals surface area (Å²) in [5, 5.41) is 2.57. The third-order valence-electron chi connectivity index (χ3n) is 3.88. The lowest BCUT2D eigenvalue weighted by Crippen LogP contribution is -2.43. The molecule has 0 bridgehead atoms. The summed E-state index contributed by atoms with van der Waals surface area (Å²) in [6, 6.07) is 4.50. The average molecular weight is 327 g/mol. The van der Waals surface area contributed by atoms with E-state index >= 15 is 0 Å². The van der Waals surface area contributed by atoms with Gasteiger partial charge in [0.1, 0.15) is 0 Å². The van der Waals surface area contributed by atoms with E-state index in [1.54, 1.807) is 11.0 Å². The highest BCUT2D eigenvalue weighted by Crippen LogP contribution is 2.25. The highest BCUT2D eigenvalue weighted by atomic mass is 35.5. The van der Waals surface area contributed by atoms with E-state index in [-0.39, 0.29) is 34.4 Å². The number of anilines is 1. The second-order valence-electron chi connectivity index (χ2n) is 5.84. The molecule has 1 aromatic carbocycles. The minimum atomic E-state index is -0.620. The van der Waals surface area contributed by atoms with Crippen molar-refractivity contribution >= 4 is 29.1 Å². The fourth-order valence-electron chi connectivity index (χ4n) is 2.56. The van der Waals surface area contributed by atoms with Crippen LogP contribution < -0.4 is 5.32 Å². The largest absolute Gasteiger partial charge is 0.342 e. The maximum atomic E-state index is 13.8. The summed E-state index contributed by atoms with van der Waals surface area (Å²) in [5.74, 6) is -0.983. The molecule has 0 radical (unpaired) electrons. The normalized spacial score (nSPS) is 16.0. The monoisotopic (exact) mass is 326 g/mol. The number of nitrogens with one attached hydrogen (secondary N) is 1. The third kappa shape index (κ3) is 3.77. The molecule has 2 amide bonds. The Kier molecular flexibility index (Phi) is 5.40. The zero-order valence-corrected chi connectivity index (χ0v) is 13.5. The van der Waals surface area contributed by atoms with E-state index in [0.29, 0.717) is 25.9 Å². The Morgan fingerprint density at radius 2 is 1.95 bits per heavy atom. The topological polar surface area (TPSA) is 49.4 Å². The lowest BCUT2D eigenvalue weighted by atomic mass is 9.95. The molecule has 1 fully saturated rings. The molecule has 22 heavy (non-hydrogen) atoms. The number of halogens is 2. The van der Waals surface area contributed by atoms with Gasteiger partial charge in [-0.15, -0.1) is 0 Å². The minimum Gasteiger partial charge on any atom is -0.342 e. The van der Waals surface area contributed by atoms with Gasteiger partial charge in [-0.25, -0.2) is 4.39 Å². The molecule has 1 heterocycles. The van der Waals surface area contributed by atoms with Gasteiger partial charge < -0.3 is 10.2 Å². The van der Waals surface area contributed by atoms with Gasteiger partial charge in [0.25, 0.3) is 0 Å². The molecule has 0 atom stereocenters. The second kappa shape index (κ2) is 7.09. The quantitative estimate of drug-likeness (QED) is 0.926. The van der Waals surface area contributed by atoms with Crippen LogP contribution in [0.15, 0.2) is 18.2 Å². The Balaban J connectivity index is 1.93. The van der Waals surface area contributed by atoms with Crippen LogP contribution in [0.2, 0.25) is 5.02 Å². The van der Waals surface area contributed by atoms with E-state index in [1.165, 1.54) is 12.1 Å². The first-order valence-electron chi connectivity index (χ1n) is 7.43. The van der Waals surface area contributed by atoms with Gasteiger partial charge in [0, 0.05) is 24.9 Å². The minimum absolute atomic E-state index is 0.0184. The number of rotatable bonds is 3. The van der Waals surface area contributed by atoms with Crippen molar-refractivity contribution in [1.29, 1.82) is 0 Å². The molecule has 120 valence electrons. The molecule has 1 aromatic rings. The van der Waals surface area contributed by atoms with Crippen molar-refractivity contribution in [3.05, 3.63) is 29.0 Å². The summed E-state index contributed by atoms with van der Waals surface area (Å²) in [6.45, 7) is 4.85. The molecule has 1 aliphatic rings. The van der Waals surface area contributed by atoms with Crippen LogP contribution in [-0.4, -0.2) is 29.8 Å². The fourth-order valence-corrected chi connectivity index (χ4v) is 2.74. The van der Waals surface area contributed by atoms with Crippen LogP contribution in [0.3, 0.4) is 0 Å². The van der Waals surface area contributed by atoms with E-state index in [9.17, 15) is 14.0 Å². The van der Waals surface area contributed by atoms with Crippen LogP contribution in [0.4, 0.5) is 10.1 Å². The summed E-state index contributed by atoms with van der Waals surface area (Å²) in [4.78, 5) is 25.9. The lowest BCUT2D eigenvalue weighted by Gasteiger charge is -2.32. The smallest absolute Gasteiger partial charge is 0.227 e. The number of nitrogens with zero attached hydrogens (tertiary/aromatic N) is 1. The molecule has 6 heteroatoms. The van der Waals surface area contributed by atoms with Crippen LogP contribution in [0.25, 0.3) is 0 Å². The predicted molar refractivity (Wildman–Crippen MR) is 84.2 cm³/mol. The molecule has 1 aliphatic heterocycles. The number of hydrogen-bond acceptors (Lipinski definition) is 2. The highest BCUT2D eigenvalue weighted by Gasteiger charge is 2.28. The van der Waals surface area contributed by atoms with Gasteiger partial charge in [-0.3, -0.25) is 9.59 Å². The number of benzene rings is 1. The first kappa shape index (κ1) is 16.7. The molecular formula is C16H20ClFN2O2. The highest BCUT2D eigenvalue weighted by molar-refractivity contribution is 6.31. The third-order valence-corrected chi connectivity index (χ3v) is 4.17. The van der Waals surface area contributed by atoms with Gasteiger partial charge in [0.05, 0.1) is 10.7 Å². The van der Waals surface area contributed by atoms with Gasteiger partial charge in [0.2, 0.25) is 11.8 Å². The number of amides is 2. The predicted octanol–water partition coefficient (Wildman–Crippen LogP) is 3.31. The Morgan fingerprint density at radius 3 is 2.55 bits per heavy atom. The van der Waals surface area contributed by atoms with Crippen LogP contribution in [0.1, 0.15) is 26.7 Å². The Labute approximate surface area is 134 Å². The van der Waals surface area contributed by atoms with Gasteiger partial charge >= 0.3 is 0 Å². The van der Waals surface area contributed by atoms with Gasteiger partial charge in [-0.05, 0) is 25.0 Å². The number of carbonyl (C=O) groups is 2. The van der Waals surface area contributed by atoms with Crippen molar-refractivity contribution in [2.24, 2.45) is 11.8 Å². The van der Waals surface area contributed by atoms with Crippen molar-refractivity contribution in [2.45, 2.75) is 26.7 Å². The fraction of sp³-hybridized carbons (Fsp3) is 0.500. The molecule has 1 N–H and O–H groups in total. The zero-order chi connectivity index (χ0) is 16.3. The Morgan fingerprint density at radius 1 is 1.32 bits per heavy atom. The van der Waals surface area contributed by atoms with Crippen molar-refractivity contribution < 1.29 is 14.0 Å². The first-order valence-corrected chi connectivity index (χ1v) is 7.81. The van der Waals surface area contributed by atoms with Crippen molar-refractivity contribution in [1.82, 2.24) is 4.90 Å². The number of hydrogen-bond donors (Lipinski definition) is 1. The molecule has 1 saturated heterocycles. The Bertz CT molecular complexity index is 569. The molecule has 2 rings (SSSR count). The standard InChI is InChI=1S/C16H20ClFN2O2/c1-10(2)16(22)20-8-6-11(7-9-20)15(21)19-13-5-3-4-12(17)14(13)18/h3-5,10-11H,6-9H2,1-2H3,(H,19,21). The van der Waals surface area contributed by atoms with E-state index in [1.807, 2.05) is 13.8 Å². The molecule has 0 aliphatic carbocycles. The SMILES string of the molecule is CC(C)C(=O)N1CCC(C(=O)Nc2cccc(Cl)c2F)CC1. The number of likely N-dealkylation sites (tertiary alicyclic amines) is 1. The molecule has 0 aromatic heterocycles. The van der Waals surface area contributed by atoms with Crippen LogP contribution in [-0.2, 0) is 9.59 Å². The van der Waals surface area contributed by atoms with Gasteiger partial charge in [-0.2, -0.15) is 0 Å². The molecular weight excluding hydrogens is 307 g/mol. The second-order valence-corrected chi connectivity index (χ2v) is 6.25. The summed E-state index contributed by atoms with van der Waals surface area (Å²) in [7, 11) is 0. The van der Waals surface area contributed by atoms with Crippen molar-refractivity contribution in [2.75, 3.05) is 18.4 Å². The number of piperidine rings is 1. The average Bonchev–Trinajstić information content (AvgIpc) is 2.51. The van der Waals surface area contributed by atoms with E-state index in [4.69, 9.17) is 11.6 Å². The van der Waals surface area contributed by atoms with E-state index in [2.05, 4.69) is 5.32 Å². The molecule has 0 spiro atoms. The zero-order valence-electron chi connectivity index (χ0n) is 12.7. The van der Waals surface area contributed by atoms with Crippen molar-refractivity contribution in [3.8, 4) is 0 Å². The van der Waals surface area contributed by atoms with E-state index < -0.39 is 5.82 Å². The maximum absolute atomic E-state index is 13.8. The summed E-state index contributed by atoms with van der Waals surface area (Å²) in [5.41, 5.74) is 0.0955. The maximum Gasteiger partial charge on any atom is 0.227 e. The van der Waals surface area contributed by atoms with Crippen LogP contribution in [0.5, 0.6) is 0 Å². The van der Waals surface area contributed by atoms with E-state index in [0.717, 1.165) is 0 Å². The van der Waals surface area contributed by atoms with Crippen molar-refractivity contribution in [3.63, 3.8) is 0 Å². The molecule has 4 nitrogen and oxygen atoms in total. The first-order chi connectivity index (χ1) is 10.4. The van der Waals surface area contributed by atoms with Crippen LogP contribution >= 0.6 is 11.6 Å². The molecule has 0 saturated carbocycles. The summed E-state index contributed by atoms with van der Waals surface area (Å²) < 4.78 is 13.8. The lowest BCUT2D eigenvalue weighted by molar-refractivity contribution is -0.137. The summed E-state index contributed by atoms with van der Waals surface area (Å²) in [6.07, 6.45) is 1.18. The van der Waals surface area contributed by atoms with Gasteiger partial charge in [-0.1, -0.05) is 31.5 Å². The summed E-state index contributed by atoms with van der Waals surface area (Å²) >= 11 is 5.70. The molecule has 0 unspecified atom stereocenters. The van der Waals surface area contributed by atoms with Crippen LogP contribution in [0, 0.1) is 17.7 Å².